The zero-order chi connectivity index (χ0) is 12.0. The van der Waals surface area contributed by atoms with Gasteiger partial charge in [0, 0.05) is 17.7 Å². The average molecular weight is 258 g/mol. The number of aryl methyl sites for hydroxylation is 1. The third-order valence-corrected chi connectivity index (χ3v) is 3.65. The molecule has 5 heteroatoms. The smallest absolute Gasteiger partial charge is 0.230 e. The largest absolute Gasteiger partial charge is 0.355 e. The number of carbonyl (C=O) groups is 1. The average Bonchev–Trinajstić information content (AvgIpc) is 2.61. The minimum Gasteiger partial charge on any atom is -0.355 e. The second-order valence-electron chi connectivity index (χ2n) is 4.05. The fourth-order valence-electron chi connectivity index (χ4n) is 1.09. The third kappa shape index (κ3) is 5.51. The molecule has 0 spiro atoms. The van der Waals surface area contributed by atoms with Gasteiger partial charge in [-0.2, -0.15) is 0 Å². The Morgan fingerprint density at radius 3 is 2.94 bits per heavy atom. The highest BCUT2D eigenvalue weighted by molar-refractivity contribution is 7.99. The molecular weight excluding hydrogens is 240 g/mol. The summed E-state index contributed by atoms with van der Waals surface area (Å²) >= 11 is 3.26. The summed E-state index contributed by atoms with van der Waals surface area (Å²) in [4.78, 5) is 15.7. The van der Waals surface area contributed by atoms with E-state index in [1.165, 1.54) is 0 Å². The molecule has 0 radical (unpaired) electrons. The summed E-state index contributed by atoms with van der Waals surface area (Å²) in [5.41, 5.74) is 1.07. The summed E-state index contributed by atoms with van der Waals surface area (Å²) in [6.07, 6.45) is 0. The van der Waals surface area contributed by atoms with Gasteiger partial charge in [0.2, 0.25) is 5.91 Å². The lowest BCUT2D eigenvalue weighted by Crippen LogP contribution is -2.28. The molecule has 1 rings (SSSR count). The second kappa shape index (κ2) is 6.91. The SMILES string of the molecule is Cc1nc(CSCC(=O)NCC(C)C)cs1. The maximum atomic E-state index is 11.4. The van der Waals surface area contributed by atoms with Crippen molar-refractivity contribution in [1.29, 1.82) is 0 Å². The van der Waals surface area contributed by atoms with Crippen molar-refractivity contribution in [3.63, 3.8) is 0 Å². The van der Waals surface area contributed by atoms with Gasteiger partial charge in [-0.1, -0.05) is 13.8 Å². The van der Waals surface area contributed by atoms with Crippen molar-refractivity contribution < 1.29 is 4.79 Å². The highest BCUT2D eigenvalue weighted by Gasteiger charge is 2.04. The molecule has 1 amide bonds. The molecule has 1 N–H and O–H groups in total. The van der Waals surface area contributed by atoms with Gasteiger partial charge in [0.1, 0.15) is 0 Å². The second-order valence-corrected chi connectivity index (χ2v) is 6.10. The summed E-state index contributed by atoms with van der Waals surface area (Å²) in [7, 11) is 0. The zero-order valence-electron chi connectivity index (χ0n) is 9.95. The number of hydrogen-bond donors (Lipinski definition) is 1. The molecule has 0 unspecified atom stereocenters. The van der Waals surface area contributed by atoms with Gasteiger partial charge < -0.3 is 5.32 Å². The quantitative estimate of drug-likeness (QED) is 0.852. The van der Waals surface area contributed by atoms with E-state index in [0.717, 1.165) is 23.0 Å². The molecule has 0 atom stereocenters. The van der Waals surface area contributed by atoms with E-state index >= 15 is 0 Å². The van der Waals surface area contributed by atoms with Crippen LogP contribution in [-0.4, -0.2) is 23.2 Å². The van der Waals surface area contributed by atoms with E-state index in [1.807, 2.05) is 12.3 Å². The number of aromatic nitrogens is 1. The molecule has 0 bridgehead atoms. The van der Waals surface area contributed by atoms with E-state index in [4.69, 9.17) is 0 Å². The molecule has 0 fully saturated rings. The van der Waals surface area contributed by atoms with Crippen molar-refractivity contribution in [1.82, 2.24) is 10.3 Å². The lowest BCUT2D eigenvalue weighted by atomic mass is 10.2. The maximum absolute atomic E-state index is 11.4. The Bertz CT molecular complexity index is 336. The van der Waals surface area contributed by atoms with Crippen LogP contribution in [0.15, 0.2) is 5.38 Å². The Labute approximate surface area is 105 Å². The minimum absolute atomic E-state index is 0.116. The number of hydrogen-bond acceptors (Lipinski definition) is 4. The monoisotopic (exact) mass is 258 g/mol. The highest BCUT2D eigenvalue weighted by atomic mass is 32.2. The topological polar surface area (TPSA) is 42.0 Å². The van der Waals surface area contributed by atoms with Crippen molar-refractivity contribution in [3.8, 4) is 0 Å². The standard InChI is InChI=1S/C11H18N2OS2/c1-8(2)4-12-11(14)7-15-5-10-6-16-9(3)13-10/h6,8H,4-5,7H2,1-3H3,(H,12,14). The zero-order valence-corrected chi connectivity index (χ0v) is 11.6. The van der Waals surface area contributed by atoms with Gasteiger partial charge >= 0.3 is 0 Å². The fourth-order valence-corrected chi connectivity index (χ4v) is 2.56. The van der Waals surface area contributed by atoms with Gasteiger partial charge in [-0.15, -0.1) is 23.1 Å². The number of thioether (sulfide) groups is 1. The molecule has 1 aromatic heterocycles. The van der Waals surface area contributed by atoms with Crippen LogP contribution in [0.25, 0.3) is 0 Å². The van der Waals surface area contributed by atoms with E-state index in [1.54, 1.807) is 23.1 Å². The van der Waals surface area contributed by atoms with Gasteiger partial charge in [0.15, 0.2) is 0 Å². The first-order valence-corrected chi connectivity index (χ1v) is 7.37. The van der Waals surface area contributed by atoms with Gasteiger partial charge in [-0.05, 0) is 12.8 Å². The molecular formula is C11H18N2OS2. The Kier molecular flexibility index (Phi) is 5.84. The van der Waals surface area contributed by atoms with Crippen molar-refractivity contribution in [2.45, 2.75) is 26.5 Å². The molecule has 1 heterocycles. The van der Waals surface area contributed by atoms with Crippen molar-refractivity contribution in [2.75, 3.05) is 12.3 Å². The molecule has 16 heavy (non-hydrogen) atoms. The molecule has 0 aliphatic rings. The first-order valence-electron chi connectivity index (χ1n) is 5.33. The number of amides is 1. The first kappa shape index (κ1) is 13.5. The number of nitrogens with one attached hydrogen (secondary N) is 1. The number of thiazole rings is 1. The first-order chi connectivity index (χ1) is 7.58. The molecule has 0 saturated carbocycles. The van der Waals surface area contributed by atoms with Crippen LogP contribution >= 0.6 is 23.1 Å². The van der Waals surface area contributed by atoms with Gasteiger partial charge in [-0.25, -0.2) is 4.98 Å². The Morgan fingerprint density at radius 1 is 1.62 bits per heavy atom. The van der Waals surface area contributed by atoms with E-state index < -0.39 is 0 Å². The van der Waals surface area contributed by atoms with Gasteiger partial charge in [0.05, 0.1) is 16.5 Å². The summed E-state index contributed by atoms with van der Waals surface area (Å²) in [6.45, 7) is 6.93. The molecule has 0 aliphatic heterocycles. The highest BCUT2D eigenvalue weighted by Crippen LogP contribution is 2.14. The molecule has 1 aromatic rings. The number of rotatable bonds is 6. The van der Waals surface area contributed by atoms with E-state index in [9.17, 15) is 4.79 Å². The number of nitrogens with zero attached hydrogens (tertiary/aromatic N) is 1. The van der Waals surface area contributed by atoms with Crippen LogP contribution in [0.2, 0.25) is 0 Å². The van der Waals surface area contributed by atoms with Crippen LogP contribution in [-0.2, 0) is 10.5 Å². The van der Waals surface area contributed by atoms with Gasteiger partial charge in [0.25, 0.3) is 0 Å². The molecule has 0 saturated heterocycles. The Morgan fingerprint density at radius 2 is 2.38 bits per heavy atom. The van der Waals surface area contributed by atoms with Crippen molar-refractivity contribution >= 4 is 29.0 Å². The van der Waals surface area contributed by atoms with Crippen LogP contribution in [0.4, 0.5) is 0 Å². The van der Waals surface area contributed by atoms with Crippen LogP contribution in [0.5, 0.6) is 0 Å². The summed E-state index contributed by atoms with van der Waals surface area (Å²) in [5.74, 6) is 1.96. The van der Waals surface area contributed by atoms with Crippen LogP contribution in [0.3, 0.4) is 0 Å². The van der Waals surface area contributed by atoms with Crippen LogP contribution in [0, 0.1) is 12.8 Å². The lowest BCUT2D eigenvalue weighted by molar-refractivity contribution is -0.118. The molecule has 0 aromatic carbocycles. The molecule has 3 nitrogen and oxygen atoms in total. The summed E-state index contributed by atoms with van der Waals surface area (Å²) in [5, 5.41) is 6.03. The van der Waals surface area contributed by atoms with E-state index in [-0.39, 0.29) is 5.91 Å². The van der Waals surface area contributed by atoms with E-state index in [0.29, 0.717) is 11.7 Å². The maximum Gasteiger partial charge on any atom is 0.230 e. The van der Waals surface area contributed by atoms with Gasteiger partial charge in [-0.3, -0.25) is 4.79 Å². The van der Waals surface area contributed by atoms with Crippen molar-refractivity contribution in [2.24, 2.45) is 5.92 Å². The lowest BCUT2D eigenvalue weighted by Gasteiger charge is -2.06. The minimum atomic E-state index is 0.116. The normalized spacial score (nSPS) is 10.8. The molecule has 90 valence electrons. The predicted molar refractivity (Wildman–Crippen MR) is 70.9 cm³/mol. The van der Waals surface area contributed by atoms with Crippen LogP contribution in [0.1, 0.15) is 24.5 Å². The predicted octanol–water partition coefficient (Wildman–Crippen LogP) is 2.46. The van der Waals surface area contributed by atoms with E-state index in [2.05, 4.69) is 24.1 Å². The number of carbonyl (C=O) groups excluding carboxylic acids is 1. The summed E-state index contributed by atoms with van der Waals surface area (Å²) in [6, 6.07) is 0. The van der Waals surface area contributed by atoms with Crippen LogP contribution < -0.4 is 5.32 Å². The fraction of sp³-hybridized carbons (Fsp3) is 0.636. The Hall–Kier alpha value is -0.550. The Balaban J connectivity index is 2.13. The summed E-state index contributed by atoms with van der Waals surface area (Å²) < 4.78 is 0. The van der Waals surface area contributed by atoms with Crippen molar-refractivity contribution in [3.05, 3.63) is 16.1 Å². The molecule has 0 aliphatic carbocycles. The third-order valence-electron chi connectivity index (χ3n) is 1.86.